The Labute approximate surface area is 167 Å². The molecular weight excluding hydrogens is 375 g/mol. The highest BCUT2D eigenvalue weighted by molar-refractivity contribution is 5.97. The van der Waals surface area contributed by atoms with E-state index in [1.165, 1.54) is 12.1 Å². The molecule has 0 bridgehead atoms. The third-order valence-corrected chi connectivity index (χ3v) is 4.80. The van der Waals surface area contributed by atoms with Crippen LogP contribution in [0.1, 0.15) is 22.1 Å². The van der Waals surface area contributed by atoms with Crippen LogP contribution in [0.4, 0.5) is 10.1 Å². The highest BCUT2D eigenvalue weighted by Crippen LogP contribution is 2.23. The van der Waals surface area contributed by atoms with E-state index in [1.54, 1.807) is 36.1 Å². The van der Waals surface area contributed by atoms with Gasteiger partial charge in [0.05, 0.1) is 5.56 Å². The molecule has 7 nitrogen and oxygen atoms in total. The fourth-order valence-corrected chi connectivity index (χ4v) is 3.30. The van der Waals surface area contributed by atoms with E-state index in [2.05, 4.69) is 15.0 Å². The van der Waals surface area contributed by atoms with Crippen LogP contribution in [0.15, 0.2) is 53.1 Å². The molecule has 2 heterocycles. The van der Waals surface area contributed by atoms with E-state index in [9.17, 15) is 9.18 Å². The number of nitrogens with zero attached hydrogens (tertiary/aromatic N) is 4. The monoisotopic (exact) mass is 396 g/mol. The van der Waals surface area contributed by atoms with Crippen molar-refractivity contribution >= 4 is 11.6 Å². The van der Waals surface area contributed by atoms with Crippen molar-refractivity contribution in [2.45, 2.75) is 13.5 Å². The summed E-state index contributed by atoms with van der Waals surface area (Å²) in [6, 6.07) is 13.6. The molecule has 1 aromatic heterocycles. The molecule has 0 aliphatic carbocycles. The number of hydrogen-bond donors (Lipinski definition) is 0. The lowest BCUT2D eigenvalue weighted by Gasteiger charge is -2.36. The first-order chi connectivity index (χ1) is 14.1. The molecular formula is C21H21FN4O3. The summed E-state index contributed by atoms with van der Waals surface area (Å²) in [6.07, 6.45) is 0. The molecule has 29 heavy (non-hydrogen) atoms. The molecule has 1 amide bonds. The number of rotatable bonds is 5. The number of amides is 1. The SMILES string of the molecule is Cc1nc(COc2ccccc2C(=O)N2CCN(c3ccc(F)cc3)CC2)no1. The zero-order valence-electron chi connectivity index (χ0n) is 16.0. The van der Waals surface area contributed by atoms with Gasteiger partial charge in [-0.2, -0.15) is 4.98 Å². The van der Waals surface area contributed by atoms with Crippen molar-refractivity contribution in [3.8, 4) is 5.75 Å². The molecule has 1 fully saturated rings. The summed E-state index contributed by atoms with van der Waals surface area (Å²) in [6.45, 7) is 4.35. The van der Waals surface area contributed by atoms with Crippen LogP contribution >= 0.6 is 0 Å². The Morgan fingerprint density at radius 2 is 1.83 bits per heavy atom. The molecule has 4 rings (SSSR count). The van der Waals surface area contributed by atoms with Crippen LogP contribution in [0.5, 0.6) is 5.75 Å². The predicted octanol–water partition coefficient (Wildman–Crippen LogP) is 3.06. The minimum absolute atomic E-state index is 0.0800. The fraction of sp³-hybridized carbons (Fsp3) is 0.286. The van der Waals surface area contributed by atoms with E-state index in [4.69, 9.17) is 9.26 Å². The first-order valence-electron chi connectivity index (χ1n) is 9.41. The lowest BCUT2D eigenvalue weighted by molar-refractivity contribution is 0.0741. The number of aryl methyl sites for hydroxylation is 1. The minimum Gasteiger partial charge on any atom is -0.485 e. The highest BCUT2D eigenvalue weighted by atomic mass is 19.1. The average molecular weight is 396 g/mol. The normalized spacial score (nSPS) is 14.1. The molecule has 0 unspecified atom stereocenters. The quantitative estimate of drug-likeness (QED) is 0.660. The van der Waals surface area contributed by atoms with Crippen molar-refractivity contribution in [3.05, 3.63) is 71.6 Å². The molecule has 8 heteroatoms. The van der Waals surface area contributed by atoms with E-state index in [-0.39, 0.29) is 18.3 Å². The zero-order chi connectivity index (χ0) is 20.2. The van der Waals surface area contributed by atoms with E-state index in [1.807, 2.05) is 12.1 Å². The van der Waals surface area contributed by atoms with Gasteiger partial charge in [-0.3, -0.25) is 4.79 Å². The number of ether oxygens (including phenoxy) is 1. The highest BCUT2D eigenvalue weighted by Gasteiger charge is 2.24. The number of benzene rings is 2. The number of carbonyl (C=O) groups is 1. The second kappa shape index (κ2) is 8.30. The number of para-hydroxylation sites is 1. The first kappa shape index (κ1) is 18.9. The molecule has 0 spiro atoms. The van der Waals surface area contributed by atoms with Gasteiger partial charge in [-0.1, -0.05) is 17.3 Å². The largest absolute Gasteiger partial charge is 0.485 e. The van der Waals surface area contributed by atoms with Crippen LogP contribution in [0.3, 0.4) is 0 Å². The Kier molecular flexibility index (Phi) is 5.41. The molecule has 2 aromatic carbocycles. The minimum atomic E-state index is -0.254. The molecule has 0 atom stereocenters. The van der Waals surface area contributed by atoms with Crippen molar-refractivity contribution in [3.63, 3.8) is 0 Å². The molecule has 1 aliphatic rings. The molecule has 1 saturated heterocycles. The van der Waals surface area contributed by atoms with Gasteiger partial charge < -0.3 is 19.1 Å². The number of anilines is 1. The third kappa shape index (κ3) is 4.37. The summed E-state index contributed by atoms with van der Waals surface area (Å²) in [5.41, 5.74) is 1.46. The number of hydrogen-bond acceptors (Lipinski definition) is 6. The van der Waals surface area contributed by atoms with Gasteiger partial charge in [-0.05, 0) is 36.4 Å². The van der Waals surface area contributed by atoms with Crippen molar-refractivity contribution in [2.24, 2.45) is 0 Å². The van der Waals surface area contributed by atoms with Crippen LogP contribution in [0, 0.1) is 12.7 Å². The van der Waals surface area contributed by atoms with E-state index >= 15 is 0 Å². The Balaban J connectivity index is 1.40. The molecule has 1 aliphatic heterocycles. The van der Waals surface area contributed by atoms with Gasteiger partial charge >= 0.3 is 0 Å². The number of aromatic nitrogens is 2. The van der Waals surface area contributed by atoms with Crippen LogP contribution in [-0.2, 0) is 6.61 Å². The van der Waals surface area contributed by atoms with Gasteiger partial charge in [0, 0.05) is 38.8 Å². The summed E-state index contributed by atoms with van der Waals surface area (Å²) < 4.78 is 23.8. The van der Waals surface area contributed by atoms with Gasteiger partial charge in [0.15, 0.2) is 6.61 Å². The number of halogens is 1. The summed E-state index contributed by atoms with van der Waals surface area (Å²) in [4.78, 5) is 21.1. The van der Waals surface area contributed by atoms with Crippen molar-refractivity contribution in [1.82, 2.24) is 15.0 Å². The fourth-order valence-electron chi connectivity index (χ4n) is 3.30. The topological polar surface area (TPSA) is 71.7 Å². The summed E-state index contributed by atoms with van der Waals surface area (Å²) in [5.74, 6) is 1.05. The lowest BCUT2D eigenvalue weighted by Crippen LogP contribution is -2.48. The smallest absolute Gasteiger partial charge is 0.257 e. The molecule has 0 saturated carbocycles. The maximum absolute atomic E-state index is 13.1. The first-order valence-corrected chi connectivity index (χ1v) is 9.41. The van der Waals surface area contributed by atoms with Gasteiger partial charge in [0.1, 0.15) is 11.6 Å². The second-order valence-corrected chi connectivity index (χ2v) is 6.77. The molecule has 3 aromatic rings. The van der Waals surface area contributed by atoms with Crippen molar-refractivity contribution < 1.29 is 18.4 Å². The third-order valence-electron chi connectivity index (χ3n) is 4.80. The lowest BCUT2D eigenvalue weighted by atomic mass is 10.1. The van der Waals surface area contributed by atoms with Gasteiger partial charge in [-0.15, -0.1) is 0 Å². The summed E-state index contributed by atoms with van der Waals surface area (Å²) in [5, 5.41) is 3.80. The molecule has 0 radical (unpaired) electrons. The molecule has 0 N–H and O–H groups in total. The van der Waals surface area contributed by atoms with Crippen LogP contribution < -0.4 is 9.64 Å². The van der Waals surface area contributed by atoms with Crippen molar-refractivity contribution in [1.29, 1.82) is 0 Å². The predicted molar refractivity (Wildman–Crippen MR) is 104 cm³/mol. The number of carbonyl (C=O) groups excluding carboxylic acids is 1. The van der Waals surface area contributed by atoms with Crippen LogP contribution in [-0.4, -0.2) is 47.1 Å². The van der Waals surface area contributed by atoms with E-state index in [0.717, 1.165) is 5.69 Å². The van der Waals surface area contributed by atoms with Crippen LogP contribution in [0.2, 0.25) is 0 Å². The maximum Gasteiger partial charge on any atom is 0.257 e. The number of piperazine rings is 1. The Morgan fingerprint density at radius 1 is 1.10 bits per heavy atom. The average Bonchev–Trinajstić information content (AvgIpc) is 3.18. The maximum atomic E-state index is 13.1. The zero-order valence-corrected chi connectivity index (χ0v) is 16.0. The summed E-state index contributed by atoms with van der Waals surface area (Å²) in [7, 11) is 0. The molecule has 150 valence electrons. The summed E-state index contributed by atoms with van der Waals surface area (Å²) >= 11 is 0. The standard InChI is InChI=1S/C21H21FN4O3/c1-15-23-20(24-29-15)14-28-19-5-3-2-4-18(19)21(27)26-12-10-25(11-13-26)17-8-6-16(22)7-9-17/h2-9H,10-14H2,1H3. The van der Waals surface area contributed by atoms with Gasteiger partial charge in [0.25, 0.3) is 5.91 Å². The van der Waals surface area contributed by atoms with E-state index in [0.29, 0.717) is 49.2 Å². The van der Waals surface area contributed by atoms with Gasteiger partial charge in [0.2, 0.25) is 11.7 Å². The second-order valence-electron chi connectivity index (χ2n) is 6.77. The van der Waals surface area contributed by atoms with Gasteiger partial charge in [-0.25, -0.2) is 4.39 Å². The van der Waals surface area contributed by atoms with E-state index < -0.39 is 0 Å². The van der Waals surface area contributed by atoms with Crippen molar-refractivity contribution in [2.75, 3.05) is 31.1 Å². The van der Waals surface area contributed by atoms with Crippen LogP contribution in [0.25, 0.3) is 0 Å². The Morgan fingerprint density at radius 3 is 2.52 bits per heavy atom. The Hall–Kier alpha value is -3.42. The Bertz CT molecular complexity index is 982.